The predicted molar refractivity (Wildman–Crippen MR) is 87.6 cm³/mol. The van der Waals surface area contributed by atoms with Crippen LogP contribution in [0.25, 0.3) is 0 Å². The molecule has 2 rings (SSSR count). The summed E-state index contributed by atoms with van der Waals surface area (Å²) in [6, 6.07) is 7.33. The van der Waals surface area contributed by atoms with Crippen molar-refractivity contribution in [3.63, 3.8) is 0 Å². The Bertz CT molecular complexity index is 551. The van der Waals surface area contributed by atoms with Crippen molar-refractivity contribution in [2.75, 3.05) is 25.0 Å². The maximum Gasteiger partial charge on any atom is 0.341 e. The summed E-state index contributed by atoms with van der Waals surface area (Å²) in [5.74, 6) is -0.562. The molecule has 1 heterocycles. The van der Waals surface area contributed by atoms with Crippen molar-refractivity contribution < 1.29 is 19.4 Å². The van der Waals surface area contributed by atoms with Gasteiger partial charge >= 0.3 is 5.97 Å². The van der Waals surface area contributed by atoms with Gasteiger partial charge in [0, 0.05) is 23.7 Å². The molecule has 6 nitrogen and oxygen atoms in total. The van der Waals surface area contributed by atoms with Crippen molar-refractivity contribution in [1.29, 1.82) is 0 Å². The van der Waals surface area contributed by atoms with Crippen molar-refractivity contribution in [1.82, 2.24) is 4.90 Å². The summed E-state index contributed by atoms with van der Waals surface area (Å²) in [5.41, 5.74) is 0.629. The molecule has 0 aliphatic carbocycles. The number of likely N-dealkylation sites (tertiary alicyclic amines) is 1. The van der Waals surface area contributed by atoms with Crippen LogP contribution < -0.4 is 10.1 Å². The number of hydrogen-bond acceptors (Lipinski definition) is 4. The molecule has 0 unspecified atom stereocenters. The van der Waals surface area contributed by atoms with Gasteiger partial charge in [0.15, 0.2) is 6.61 Å². The molecule has 0 bridgehead atoms. The monoisotopic (exact) mass is 320 g/mol. The average Bonchev–Trinajstić information content (AvgIpc) is 2.53. The van der Waals surface area contributed by atoms with Gasteiger partial charge in [0.25, 0.3) is 0 Å². The lowest BCUT2D eigenvalue weighted by molar-refractivity contribution is -0.139. The second-order valence-corrected chi connectivity index (χ2v) is 6.10. The molecule has 1 saturated heterocycles. The van der Waals surface area contributed by atoms with Crippen LogP contribution in [0.4, 0.5) is 5.69 Å². The van der Waals surface area contributed by atoms with E-state index >= 15 is 0 Å². The van der Waals surface area contributed by atoms with Gasteiger partial charge in [-0.05, 0) is 51.9 Å². The molecule has 2 N–H and O–H groups in total. The highest BCUT2D eigenvalue weighted by Crippen LogP contribution is 2.22. The fraction of sp³-hybridized carbons (Fsp3) is 0.529. The van der Waals surface area contributed by atoms with Gasteiger partial charge in [-0.25, -0.2) is 4.79 Å². The van der Waals surface area contributed by atoms with E-state index in [2.05, 4.69) is 24.1 Å². The molecule has 1 aromatic rings. The molecule has 6 heteroatoms. The zero-order valence-corrected chi connectivity index (χ0v) is 13.6. The van der Waals surface area contributed by atoms with E-state index in [9.17, 15) is 9.59 Å². The number of carbonyl (C=O) groups is 2. The molecule has 23 heavy (non-hydrogen) atoms. The summed E-state index contributed by atoms with van der Waals surface area (Å²) in [7, 11) is 0. The molecule has 1 aliphatic heterocycles. The highest BCUT2D eigenvalue weighted by molar-refractivity contribution is 5.92. The first-order chi connectivity index (χ1) is 11.0. The molecule has 1 fully saturated rings. The number of amides is 1. The Kier molecular flexibility index (Phi) is 5.98. The first-order valence-electron chi connectivity index (χ1n) is 7.95. The van der Waals surface area contributed by atoms with Crippen molar-refractivity contribution in [3.8, 4) is 5.75 Å². The van der Waals surface area contributed by atoms with Crippen LogP contribution in [0, 0.1) is 5.92 Å². The van der Waals surface area contributed by atoms with Crippen molar-refractivity contribution in [2.24, 2.45) is 5.92 Å². The number of carboxylic acid groups (broad SMARTS) is 1. The summed E-state index contributed by atoms with van der Waals surface area (Å²) in [4.78, 5) is 25.3. The van der Waals surface area contributed by atoms with Crippen LogP contribution in [0.3, 0.4) is 0 Å². The number of carbonyl (C=O) groups excluding carboxylic acids is 1. The first-order valence-corrected chi connectivity index (χ1v) is 7.95. The minimum Gasteiger partial charge on any atom is -0.482 e. The molecular formula is C17H24N2O4. The average molecular weight is 320 g/mol. The van der Waals surface area contributed by atoms with E-state index in [1.165, 1.54) is 0 Å². The third kappa shape index (κ3) is 5.25. The second-order valence-electron chi connectivity index (χ2n) is 6.10. The minimum absolute atomic E-state index is 0.0174. The Morgan fingerprint density at radius 2 is 2.04 bits per heavy atom. The van der Waals surface area contributed by atoms with Gasteiger partial charge in [0.2, 0.25) is 5.91 Å². The lowest BCUT2D eigenvalue weighted by Crippen LogP contribution is -2.41. The number of ether oxygens (including phenoxy) is 1. The summed E-state index contributed by atoms with van der Waals surface area (Å²) < 4.78 is 5.12. The molecule has 0 aromatic heterocycles. The molecule has 0 spiro atoms. The Morgan fingerprint density at radius 3 is 2.65 bits per heavy atom. The molecule has 0 radical (unpaired) electrons. The number of piperidine rings is 1. The number of nitrogens with zero attached hydrogens (tertiary/aromatic N) is 1. The lowest BCUT2D eigenvalue weighted by Gasteiger charge is -2.33. The van der Waals surface area contributed by atoms with Gasteiger partial charge in [0.1, 0.15) is 5.75 Å². The molecule has 0 saturated carbocycles. The van der Waals surface area contributed by atoms with Gasteiger partial charge in [0.05, 0.1) is 0 Å². The van der Waals surface area contributed by atoms with Crippen LogP contribution in [-0.4, -0.2) is 47.6 Å². The summed E-state index contributed by atoms with van der Waals surface area (Å²) in [6.45, 7) is 5.83. The maximum absolute atomic E-state index is 12.4. The molecule has 1 aliphatic rings. The normalized spacial score (nSPS) is 16.3. The van der Waals surface area contributed by atoms with Crippen LogP contribution in [0.1, 0.15) is 26.7 Å². The first kappa shape index (κ1) is 17.3. The number of hydrogen-bond donors (Lipinski definition) is 2. The number of aliphatic carboxylic acids is 1. The quantitative estimate of drug-likeness (QED) is 0.840. The van der Waals surface area contributed by atoms with Gasteiger partial charge < -0.3 is 20.1 Å². The molecule has 0 atom stereocenters. The highest BCUT2D eigenvalue weighted by Gasteiger charge is 2.26. The largest absolute Gasteiger partial charge is 0.482 e. The van der Waals surface area contributed by atoms with E-state index in [-0.39, 0.29) is 11.8 Å². The maximum atomic E-state index is 12.4. The molecule has 1 amide bonds. The van der Waals surface area contributed by atoms with E-state index in [0.29, 0.717) is 17.5 Å². The van der Waals surface area contributed by atoms with Crippen LogP contribution in [0.2, 0.25) is 0 Å². The number of benzene rings is 1. The van der Waals surface area contributed by atoms with Gasteiger partial charge in [-0.2, -0.15) is 0 Å². The van der Waals surface area contributed by atoms with E-state index < -0.39 is 12.6 Å². The molecule has 1 aromatic carbocycles. The van der Waals surface area contributed by atoms with E-state index in [1.54, 1.807) is 24.3 Å². The van der Waals surface area contributed by atoms with Crippen LogP contribution in [0.5, 0.6) is 5.75 Å². The zero-order valence-electron chi connectivity index (χ0n) is 13.6. The minimum atomic E-state index is -1.03. The topological polar surface area (TPSA) is 78.9 Å². The van der Waals surface area contributed by atoms with Crippen molar-refractivity contribution >= 4 is 17.6 Å². The number of carboxylic acids is 1. The van der Waals surface area contributed by atoms with Crippen LogP contribution in [-0.2, 0) is 9.59 Å². The van der Waals surface area contributed by atoms with E-state index in [1.807, 2.05) is 0 Å². The van der Waals surface area contributed by atoms with E-state index in [0.717, 1.165) is 25.9 Å². The lowest BCUT2D eigenvalue weighted by atomic mass is 9.95. The SMILES string of the molecule is CC(C)N1CCC(C(=O)Nc2cccc(OCC(=O)O)c2)CC1. The highest BCUT2D eigenvalue weighted by atomic mass is 16.5. The van der Waals surface area contributed by atoms with Gasteiger partial charge in [-0.3, -0.25) is 4.79 Å². The van der Waals surface area contributed by atoms with Crippen molar-refractivity contribution in [2.45, 2.75) is 32.7 Å². The zero-order chi connectivity index (χ0) is 16.8. The smallest absolute Gasteiger partial charge is 0.341 e. The Hall–Kier alpha value is -2.08. The molecular weight excluding hydrogens is 296 g/mol. The summed E-state index contributed by atoms with van der Waals surface area (Å²) >= 11 is 0. The Labute approximate surface area is 136 Å². The van der Waals surface area contributed by atoms with Gasteiger partial charge in [-0.15, -0.1) is 0 Å². The third-order valence-electron chi connectivity index (χ3n) is 4.09. The van der Waals surface area contributed by atoms with Gasteiger partial charge in [-0.1, -0.05) is 6.07 Å². The summed E-state index contributed by atoms with van der Waals surface area (Å²) in [5, 5.41) is 11.5. The van der Waals surface area contributed by atoms with Crippen LogP contribution >= 0.6 is 0 Å². The predicted octanol–water partition coefficient (Wildman–Crippen LogP) is 2.21. The Balaban J connectivity index is 1.88. The van der Waals surface area contributed by atoms with Crippen LogP contribution in [0.15, 0.2) is 24.3 Å². The fourth-order valence-corrected chi connectivity index (χ4v) is 2.73. The summed E-state index contributed by atoms with van der Waals surface area (Å²) in [6.07, 6.45) is 1.72. The van der Waals surface area contributed by atoms with E-state index in [4.69, 9.17) is 9.84 Å². The molecule has 126 valence electrons. The Morgan fingerprint density at radius 1 is 1.35 bits per heavy atom. The van der Waals surface area contributed by atoms with Crippen molar-refractivity contribution in [3.05, 3.63) is 24.3 Å². The third-order valence-corrected chi connectivity index (χ3v) is 4.09. The second kappa shape index (κ2) is 7.97. The number of rotatable bonds is 6. The number of anilines is 1. The fourth-order valence-electron chi connectivity index (χ4n) is 2.73. The standard InChI is InChI=1S/C17H24N2O4/c1-12(2)19-8-6-13(7-9-19)17(22)18-14-4-3-5-15(10-14)23-11-16(20)21/h3-5,10,12-13H,6-9,11H2,1-2H3,(H,18,22)(H,20,21). The number of nitrogens with one attached hydrogen (secondary N) is 1.